The van der Waals surface area contributed by atoms with E-state index in [1.165, 1.54) is 0 Å². The fourth-order valence-electron chi connectivity index (χ4n) is 6.67. The number of aliphatic hydroxyl groups excluding tert-OH is 1. The number of furan rings is 1. The molecule has 0 saturated carbocycles. The first-order chi connectivity index (χ1) is 20.6. The molecular formula is C30H30BF6NO6. The number of alkyl halides is 6. The average molecular weight is 625 g/mol. The van der Waals surface area contributed by atoms with Gasteiger partial charge in [0, 0.05) is 0 Å². The smallest absolute Gasteiger partial charge is 0.455 e. The van der Waals surface area contributed by atoms with Crippen molar-refractivity contribution in [2.75, 3.05) is 4.90 Å². The summed E-state index contributed by atoms with van der Waals surface area (Å²) < 4.78 is 92.7. The summed E-state index contributed by atoms with van der Waals surface area (Å²) in [6.07, 6.45) is -7.49. The molecule has 2 aliphatic heterocycles. The monoisotopic (exact) mass is 625 g/mol. The second-order valence-electron chi connectivity index (χ2n) is 11.4. The number of carbonyl (C=O) groups is 2. The van der Waals surface area contributed by atoms with Gasteiger partial charge in [-0.05, 0) is 86.8 Å². The Balaban J connectivity index is 1.44. The summed E-state index contributed by atoms with van der Waals surface area (Å²) in [5.41, 5.74) is -1.61. The molecule has 0 bridgehead atoms. The summed E-state index contributed by atoms with van der Waals surface area (Å²) in [4.78, 5) is 27.7. The van der Waals surface area contributed by atoms with Gasteiger partial charge in [-0.25, -0.2) is 4.90 Å². The lowest BCUT2D eigenvalue weighted by molar-refractivity contribution is -0.143. The molecule has 0 radical (unpaired) electrons. The Morgan fingerprint density at radius 2 is 1.70 bits per heavy atom. The van der Waals surface area contributed by atoms with Crippen LogP contribution in [0.1, 0.15) is 62.2 Å². The second-order valence-corrected chi connectivity index (χ2v) is 11.4. The van der Waals surface area contributed by atoms with Gasteiger partial charge in [-0.1, -0.05) is 18.1 Å². The van der Waals surface area contributed by atoms with Gasteiger partial charge < -0.3 is 19.2 Å². The zero-order chi connectivity index (χ0) is 32.1. The van der Waals surface area contributed by atoms with Crippen LogP contribution in [0.25, 0.3) is 6.08 Å². The number of rotatable bonds is 7. The quantitative estimate of drug-likeness (QED) is 0.160. The van der Waals surface area contributed by atoms with Crippen molar-refractivity contribution in [2.24, 2.45) is 17.8 Å². The number of fused-ring (bicyclic) bond motifs is 3. The van der Waals surface area contributed by atoms with Crippen LogP contribution < -0.4 is 4.90 Å². The second kappa shape index (κ2) is 11.9. The average Bonchev–Trinajstić information content (AvgIpc) is 3.50. The number of halogens is 6. The van der Waals surface area contributed by atoms with E-state index in [4.69, 9.17) is 9.07 Å². The first kappa shape index (κ1) is 32.1. The van der Waals surface area contributed by atoms with Crippen molar-refractivity contribution >= 4 is 30.7 Å². The number of nitrogens with zero attached hydrogens (tertiary/aromatic N) is 1. The molecule has 3 heterocycles. The van der Waals surface area contributed by atoms with Crippen molar-refractivity contribution in [3.05, 3.63) is 69.7 Å². The van der Waals surface area contributed by atoms with Gasteiger partial charge in [-0.15, -0.1) is 0 Å². The predicted octanol–water partition coefficient (Wildman–Crippen LogP) is 6.40. The van der Waals surface area contributed by atoms with E-state index in [0.29, 0.717) is 47.8 Å². The van der Waals surface area contributed by atoms with Crippen LogP contribution in [0.5, 0.6) is 0 Å². The third kappa shape index (κ3) is 6.11. The highest BCUT2D eigenvalue weighted by atomic mass is 19.4. The Morgan fingerprint density at radius 3 is 2.27 bits per heavy atom. The van der Waals surface area contributed by atoms with Crippen molar-refractivity contribution in [1.82, 2.24) is 0 Å². The lowest BCUT2D eigenvalue weighted by atomic mass is 9.59. The van der Waals surface area contributed by atoms with E-state index in [0.717, 1.165) is 16.7 Å². The summed E-state index contributed by atoms with van der Waals surface area (Å²) in [5, 5.41) is 19.9. The number of anilines is 1. The van der Waals surface area contributed by atoms with Crippen LogP contribution in [0.4, 0.5) is 32.0 Å². The van der Waals surface area contributed by atoms with E-state index in [9.17, 15) is 46.1 Å². The first-order valence-electron chi connectivity index (χ1n) is 14.2. The van der Waals surface area contributed by atoms with Crippen molar-refractivity contribution in [1.29, 1.82) is 0 Å². The zero-order valence-electron chi connectivity index (χ0n) is 23.8. The van der Waals surface area contributed by atoms with Gasteiger partial charge in [0.05, 0.1) is 34.8 Å². The van der Waals surface area contributed by atoms with E-state index < -0.39 is 72.0 Å². The summed E-state index contributed by atoms with van der Waals surface area (Å²) in [5.74, 6) is -3.58. The Kier molecular flexibility index (Phi) is 8.64. The van der Waals surface area contributed by atoms with Crippen molar-refractivity contribution in [3.8, 4) is 0 Å². The SMILES string of the molecule is CC/C(=C\c1ccc(CO)o1)CC[C@H]1OB(O)C[C@H]2C1=C(C)C[C@H]1C(=O)N(c3cc(C(F)(F)F)cc(C(F)(F)F)c3)C(=O)[C@H]12. The molecule has 7 nitrogen and oxygen atoms in total. The van der Waals surface area contributed by atoms with Crippen LogP contribution in [-0.4, -0.2) is 35.2 Å². The third-order valence-corrected chi connectivity index (χ3v) is 8.65. The Bertz CT molecular complexity index is 1480. The molecular weight excluding hydrogens is 595 g/mol. The van der Waals surface area contributed by atoms with Crippen LogP contribution in [0, 0.1) is 17.8 Å². The number of imide groups is 1. The maximum absolute atomic E-state index is 13.8. The molecule has 2 fully saturated rings. The van der Waals surface area contributed by atoms with Crippen LogP contribution in [0.2, 0.25) is 6.32 Å². The summed E-state index contributed by atoms with van der Waals surface area (Å²) in [6.45, 7) is 3.47. The molecule has 0 spiro atoms. The molecule has 0 unspecified atom stereocenters. The fourth-order valence-corrected chi connectivity index (χ4v) is 6.67. The maximum Gasteiger partial charge on any atom is 0.455 e. The fraction of sp³-hybridized carbons (Fsp3) is 0.467. The van der Waals surface area contributed by atoms with Crippen LogP contribution in [0.15, 0.2) is 51.5 Å². The number of benzene rings is 1. The van der Waals surface area contributed by atoms with E-state index in [1.807, 2.05) is 13.0 Å². The Labute approximate surface area is 249 Å². The van der Waals surface area contributed by atoms with Crippen LogP contribution in [-0.2, 0) is 33.2 Å². The van der Waals surface area contributed by atoms with E-state index in [1.54, 1.807) is 19.1 Å². The molecule has 3 aliphatic rings. The van der Waals surface area contributed by atoms with Gasteiger partial charge in [-0.2, -0.15) is 26.3 Å². The standard InChI is InChI=1S/C30H30BF6NO6/c1-3-16(9-20-5-6-21(14-39)43-20)4-7-24-25-15(2)8-22-26(23(25)13-31(42)44-24)28(41)38(27(22)40)19-11-17(29(32,33)34)10-18(12-19)30(35,36)37/h5-6,9-12,22-24,26,39,42H,3-4,7-8,13-14H2,1-2H3/b16-9+/t22-,23+,24-,26-/m1/s1. The molecule has 2 amide bonds. The lowest BCUT2D eigenvalue weighted by Gasteiger charge is -2.42. The van der Waals surface area contributed by atoms with E-state index >= 15 is 0 Å². The summed E-state index contributed by atoms with van der Waals surface area (Å²) in [6, 6.07) is 4.09. The maximum atomic E-state index is 13.8. The Morgan fingerprint density at radius 1 is 1.05 bits per heavy atom. The first-order valence-corrected chi connectivity index (χ1v) is 14.2. The van der Waals surface area contributed by atoms with Crippen LogP contribution >= 0.6 is 0 Å². The number of carbonyl (C=O) groups excluding carboxylic acids is 2. The molecule has 14 heteroatoms. The highest BCUT2D eigenvalue weighted by Crippen LogP contribution is 2.52. The molecule has 1 aromatic heterocycles. The van der Waals surface area contributed by atoms with Gasteiger partial charge in [0.2, 0.25) is 11.8 Å². The minimum absolute atomic E-state index is 0.0543. The van der Waals surface area contributed by atoms with Crippen molar-refractivity contribution < 1.29 is 55.1 Å². The van der Waals surface area contributed by atoms with Gasteiger partial charge in [0.15, 0.2) is 0 Å². The third-order valence-electron chi connectivity index (χ3n) is 8.65. The molecule has 2 aromatic rings. The molecule has 2 N–H and O–H groups in total. The number of aliphatic hydroxyl groups is 1. The minimum atomic E-state index is -5.15. The Hall–Kier alpha value is -3.36. The highest BCUT2D eigenvalue weighted by molar-refractivity contribution is 6.43. The molecule has 2 saturated heterocycles. The number of allylic oxidation sites excluding steroid dienone is 2. The molecule has 4 atom stereocenters. The number of amides is 2. The number of hydrogen-bond acceptors (Lipinski definition) is 6. The van der Waals surface area contributed by atoms with Crippen molar-refractivity contribution in [3.63, 3.8) is 0 Å². The topological polar surface area (TPSA) is 100 Å². The van der Waals surface area contributed by atoms with Gasteiger partial charge >= 0.3 is 19.5 Å². The van der Waals surface area contributed by atoms with E-state index in [-0.39, 0.29) is 25.4 Å². The minimum Gasteiger partial charge on any atom is -0.459 e. The van der Waals surface area contributed by atoms with Gasteiger partial charge in [0.1, 0.15) is 18.1 Å². The highest BCUT2D eigenvalue weighted by Gasteiger charge is 2.57. The van der Waals surface area contributed by atoms with Crippen LogP contribution in [0.3, 0.4) is 0 Å². The molecule has 1 aliphatic carbocycles. The van der Waals surface area contributed by atoms with Gasteiger partial charge in [0.25, 0.3) is 0 Å². The van der Waals surface area contributed by atoms with Crippen molar-refractivity contribution in [2.45, 2.75) is 70.9 Å². The van der Waals surface area contributed by atoms with E-state index in [2.05, 4.69) is 0 Å². The summed E-state index contributed by atoms with van der Waals surface area (Å²) >= 11 is 0. The summed E-state index contributed by atoms with van der Waals surface area (Å²) in [7, 11) is -1.30. The normalized spacial score (nSPS) is 24.7. The lowest BCUT2D eigenvalue weighted by Crippen LogP contribution is -2.46. The largest absolute Gasteiger partial charge is 0.459 e. The molecule has 236 valence electrons. The molecule has 44 heavy (non-hydrogen) atoms. The zero-order valence-corrected chi connectivity index (χ0v) is 23.8. The molecule has 5 rings (SSSR count). The van der Waals surface area contributed by atoms with Gasteiger partial charge in [-0.3, -0.25) is 9.59 Å². The molecule has 1 aromatic carbocycles. The number of hydrogen-bond donors (Lipinski definition) is 2. The predicted molar refractivity (Wildman–Crippen MR) is 147 cm³/mol.